The van der Waals surface area contributed by atoms with Crippen LogP contribution in [-0.2, 0) is 12.8 Å². The Labute approximate surface area is 137 Å². The summed E-state index contributed by atoms with van der Waals surface area (Å²) in [4.78, 5) is 8.27. The summed E-state index contributed by atoms with van der Waals surface area (Å²) in [5, 5.41) is 0.710. The van der Waals surface area contributed by atoms with Crippen molar-refractivity contribution in [2.75, 3.05) is 25.4 Å². The average molecular weight is 364 g/mol. The van der Waals surface area contributed by atoms with Gasteiger partial charge >= 0.3 is 0 Å². The summed E-state index contributed by atoms with van der Waals surface area (Å²) in [6.45, 7) is 3.11. The molecular weight excluding hydrogens is 346 g/mol. The molecule has 2 aromatic rings. The van der Waals surface area contributed by atoms with E-state index in [1.165, 1.54) is 16.1 Å². The van der Waals surface area contributed by atoms with Gasteiger partial charge in [0.15, 0.2) is 5.13 Å². The molecule has 0 amide bonds. The Balaban J connectivity index is 1.58. The second-order valence-electron chi connectivity index (χ2n) is 5.15. The van der Waals surface area contributed by atoms with Gasteiger partial charge in [-0.15, -0.1) is 11.3 Å². The van der Waals surface area contributed by atoms with Crippen LogP contribution in [0.15, 0.2) is 34.8 Å². The third kappa shape index (κ3) is 3.73. The van der Waals surface area contributed by atoms with E-state index in [0.29, 0.717) is 5.13 Å². The fraction of sp³-hybridized carbons (Fsp3) is 0.312. The van der Waals surface area contributed by atoms with Crippen molar-refractivity contribution in [2.24, 2.45) is 0 Å². The van der Waals surface area contributed by atoms with E-state index in [2.05, 4.69) is 56.2 Å². The zero-order valence-electron chi connectivity index (χ0n) is 11.8. The summed E-state index contributed by atoms with van der Waals surface area (Å²) < 4.78 is 1.14. The predicted octanol–water partition coefficient (Wildman–Crippen LogP) is 3.60. The second-order valence-corrected chi connectivity index (χ2v) is 7.12. The standard InChI is InChI=1S/C16H18BrN3S/c17-13-6-2-1-4-12(13)5-3-9-20-10-7-14-15(8-11-20)21-16(18)19-14/h1-6H,7-11H2,(H2,18,19). The Morgan fingerprint density at radius 1 is 1.29 bits per heavy atom. The van der Waals surface area contributed by atoms with E-state index in [1.54, 1.807) is 11.3 Å². The van der Waals surface area contributed by atoms with Crippen LogP contribution >= 0.6 is 27.3 Å². The highest BCUT2D eigenvalue weighted by Crippen LogP contribution is 2.24. The predicted molar refractivity (Wildman–Crippen MR) is 93.6 cm³/mol. The van der Waals surface area contributed by atoms with Gasteiger partial charge < -0.3 is 5.73 Å². The third-order valence-electron chi connectivity index (χ3n) is 3.68. The number of hydrogen-bond acceptors (Lipinski definition) is 4. The minimum absolute atomic E-state index is 0.710. The first-order chi connectivity index (χ1) is 10.2. The number of nitrogen functional groups attached to an aromatic ring is 1. The Bertz CT molecular complexity index is 625. The van der Waals surface area contributed by atoms with Gasteiger partial charge in [-0.05, 0) is 18.1 Å². The zero-order chi connectivity index (χ0) is 14.7. The number of fused-ring (bicyclic) bond motifs is 1. The van der Waals surface area contributed by atoms with E-state index < -0.39 is 0 Å². The van der Waals surface area contributed by atoms with Gasteiger partial charge in [0.25, 0.3) is 0 Å². The maximum absolute atomic E-state index is 5.78. The monoisotopic (exact) mass is 363 g/mol. The van der Waals surface area contributed by atoms with Gasteiger partial charge in [-0.2, -0.15) is 0 Å². The molecule has 0 saturated carbocycles. The maximum atomic E-state index is 5.78. The molecule has 5 heteroatoms. The Hall–Kier alpha value is -1.17. The van der Waals surface area contributed by atoms with E-state index in [9.17, 15) is 0 Å². The molecule has 0 saturated heterocycles. The van der Waals surface area contributed by atoms with E-state index >= 15 is 0 Å². The molecule has 2 heterocycles. The van der Waals surface area contributed by atoms with Crippen molar-refractivity contribution in [3.63, 3.8) is 0 Å². The van der Waals surface area contributed by atoms with Crippen LogP contribution < -0.4 is 5.73 Å². The highest BCUT2D eigenvalue weighted by atomic mass is 79.9. The first-order valence-corrected chi connectivity index (χ1v) is 8.71. The lowest BCUT2D eigenvalue weighted by molar-refractivity contribution is 0.318. The van der Waals surface area contributed by atoms with Crippen LogP contribution in [0.1, 0.15) is 16.1 Å². The number of nitrogens with zero attached hydrogens (tertiary/aromatic N) is 2. The number of nitrogens with two attached hydrogens (primary N) is 1. The maximum Gasteiger partial charge on any atom is 0.180 e. The van der Waals surface area contributed by atoms with Crippen molar-refractivity contribution in [1.82, 2.24) is 9.88 Å². The highest BCUT2D eigenvalue weighted by molar-refractivity contribution is 9.10. The van der Waals surface area contributed by atoms with Crippen LogP contribution in [0.2, 0.25) is 0 Å². The van der Waals surface area contributed by atoms with Gasteiger partial charge in [0.1, 0.15) is 0 Å². The fourth-order valence-corrected chi connectivity index (χ4v) is 3.84. The molecule has 1 aromatic heterocycles. The number of hydrogen-bond donors (Lipinski definition) is 1. The van der Waals surface area contributed by atoms with Gasteiger partial charge in [0.2, 0.25) is 0 Å². The Morgan fingerprint density at radius 3 is 2.95 bits per heavy atom. The summed E-state index contributed by atoms with van der Waals surface area (Å²) >= 11 is 5.22. The van der Waals surface area contributed by atoms with Gasteiger partial charge in [0, 0.05) is 35.4 Å². The van der Waals surface area contributed by atoms with E-state index in [0.717, 1.165) is 36.9 Å². The third-order valence-corrected chi connectivity index (χ3v) is 5.39. The summed E-state index contributed by atoms with van der Waals surface area (Å²) in [5.74, 6) is 0. The van der Waals surface area contributed by atoms with Crippen LogP contribution in [0, 0.1) is 0 Å². The zero-order valence-corrected chi connectivity index (χ0v) is 14.2. The minimum Gasteiger partial charge on any atom is -0.375 e. The SMILES string of the molecule is Nc1nc2c(s1)CCN(CC=Cc1ccccc1Br)CC2. The highest BCUT2D eigenvalue weighted by Gasteiger charge is 2.16. The number of aromatic nitrogens is 1. The van der Waals surface area contributed by atoms with E-state index in [4.69, 9.17) is 5.73 Å². The molecule has 1 aromatic carbocycles. The van der Waals surface area contributed by atoms with Crippen LogP contribution in [0.4, 0.5) is 5.13 Å². The molecule has 0 atom stereocenters. The molecule has 110 valence electrons. The van der Waals surface area contributed by atoms with Gasteiger partial charge in [-0.3, -0.25) is 4.90 Å². The van der Waals surface area contributed by atoms with Crippen LogP contribution in [0.3, 0.4) is 0 Å². The molecule has 3 rings (SSSR count). The number of benzene rings is 1. The summed E-state index contributed by atoms with van der Waals surface area (Å²) in [7, 11) is 0. The molecule has 21 heavy (non-hydrogen) atoms. The second kappa shape index (κ2) is 6.73. The summed E-state index contributed by atoms with van der Waals surface area (Å²) in [5.41, 5.74) is 8.21. The van der Waals surface area contributed by atoms with Gasteiger partial charge in [0.05, 0.1) is 5.69 Å². The van der Waals surface area contributed by atoms with Crippen molar-refractivity contribution < 1.29 is 0 Å². The summed E-state index contributed by atoms with van der Waals surface area (Å²) in [6.07, 6.45) is 6.49. The van der Waals surface area contributed by atoms with Crippen LogP contribution in [0.25, 0.3) is 6.08 Å². The number of anilines is 1. The average Bonchev–Trinajstić information content (AvgIpc) is 2.73. The molecule has 1 aliphatic heterocycles. The Kier molecular flexibility index (Phi) is 4.73. The molecular formula is C16H18BrN3S. The van der Waals surface area contributed by atoms with Gasteiger partial charge in [-0.25, -0.2) is 4.98 Å². The number of rotatable bonds is 3. The molecule has 0 aliphatic carbocycles. The fourth-order valence-electron chi connectivity index (χ4n) is 2.55. The first-order valence-electron chi connectivity index (χ1n) is 7.10. The molecule has 3 nitrogen and oxygen atoms in total. The lowest BCUT2D eigenvalue weighted by atomic mass is 10.2. The van der Waals surface area contributed by atoms with Crippen molar-refractivity contribution in [3.8, 4) is 0 Å². The molecule has 1 aliphatic rings. The van der Waals surface area contributed by atoms with Crippen molar-refractivity contribution in [1.29, 1.82) is 0 Å². The molecule has 0 spiro atoms. The molecule has 0 bridgehead atoms. The quantitative estimate of drug-likeness (QED) is 0.905. The van der Waals surface area contributed by atoms with E-state index in [-0.39, 0.29) is 0 Å². The smallest absolute Gasteiger partial charge is 0.180 e. The lowest BCUT2D eigenvalue weighted by Crippen LogP contribution is -2.26. The van der Waals surface area contributed by atoms with Crippen molar-refractivity contribution in [2.45, 2.75) is 12.8 Å². The first kappa shape index (κ1) is 14.8. The molecule has 0 radical (unpaired) electrons. The van der Waals surface area contributed by atoms with Crippen LogP contribution in [0.5, 0.6) is 0 Å². The largest absolute Gasteiger partial charge is 0.375 e. The number of thiazole rings is 1. The molecule has 0 fully saturated rings. The Morgan fingerprint density at radius 2 is 2.10 bits per heavy atom. The molecule has 2 N–H and O–H groups in total. The van der Waals surface area contributed by atoms with Gasteiger partial charge in [-0.1, -0.05) is 46.3 Å². The minimum atomic E-state index is 0.710. The van der Waals surface area contributed by atoms with Crippen LogP contribution in [-0.4, -0.2) is 29.5 Å². The van der Waals surface area contributed by atoms with Crippen molar-refractivity contribution >= 4 is 38.5 Å². The van der Waals surface area contributed by atoms with Crippen molar-refractivity contribution in [3.05, 3.63) is 50.9 Å². The topological polar surface area (TPSA) is 42.1 Å². The number of halogens is 1. The molecule has 0 unspecified atom stereocenters. The summed E-state index contributed by atoms with van der Waals surface area (Å²) in [6, 6.07) is 8.28. The van der Waals surface area contributed by atoms with E-state index in [1.807, 2.05) is 6.07 Å². The normalized spacial score (nSPS) is 16.0. The lowest BCUT2D eigenvalue weighted by Gasteiger charge is -2.17.